The lowest BCUT2D eigenvalue weighted by Gasteiger charge is -2.03. The summed E-state index contributed by atoms with van der Waals surface area (Å²) in [6.45, 7) is 0.370. The van der Waals surface area contributed by atoms with Gasteiger partial charge < -0.3 is 5.32 Å². The zero-order chi connectivity index (χ0) is 12.7. The second kappa shape index (κ2) is 7.01. The summed E-state index contributed by atoms with van der Waals surface area (Å²) in [5, 5.41) is 2.60. The van der Waals surface area contributed by atoms with E-state index in [1.54, 1.807) is 12.2 Å². The summed E-state index contributed by atoms with van der Waals surface area (Å²) in [6, 6.07) is 3.40. The Morgan fingerprint density at radius 1 is 1.29 bits per heavy atom. The molecular formula is C12H12ClF2NO. The van der Waals surface area contributed by atoms with Gasteiger partial charge in [-0.2, -0.15) is 0 Å². The molecule has 0 unspecified atom stereocenters. The van der Waals surface area contributed by atoms with Crippen LogP contribution < -0.4 is 5.32 Å². The molecule has 0 fully saturated rings. The normalized spacial score (nSPS) is 10.8. The molecule has 0 aliphatic heterocycles. The van der Waals surface area contributed by atoms with E-state index in [4.69, 9.17) is 11.6 Å². The molecule has 0 radical (unpaired) electrons. The van der Waals surface area contributed by atoms with Crippen molar-refractivity contribution in [1.29, 1.82) is 0 Å². The Morgan fingerprint density at radius 3 is 2.71 bits per heavy atom. The van der Waals surface area contributed by atoms with E-state index < -0.39 is 11.6 Å². The number of carbonyl (C=O) groups is 1. The van der Waals surface area contributed by atoms with E-state index in [2.05, 4.69) is 5.32 Å². The standard InChI is InChI=1S/C12H12ClF2NO/c13-5-1-2-6-16-12(17)8-9-3-4-10(14)11(15)7-9/h1-4,7H,5-6,8H2,(H,16,17)/b2-1+. The molecule has 0 heterocycles. The van der Waals surface area contributed by atoms with Gasteiger partial charge in [-0.15, -0.1) is 11.6 Å². The fourth-order valence-corrected chi connectivity index (χ4v) is 1.34. The number of hydrogen-bond donors (Lipinski definition) is 1. The molecule has 0 aliphatic carbocycles. The first-order valence-corrected chi connectivity index (χ1v) is 5.58. The van der Waals surface area contributed by atoms with Gasteiger partial charge in [0.25, 0.3) is 0 Å². The summed E-state index contributed by atoms with van der Waals surface area (Å²) < 4.78 is 25.5. The van der Waals surface area contributed by atoms with Crippen LogP contribution in [0.15, 0.2) is 30.4 Å². The second-order valence-corrected chi connectivity index (χ2v) is 3.66. The summed E-state index contributed by atoms with van der Waals surface area (Å²) in [4.78, 5) is 11.4. The molecule has 0 aromatic heterocycles. The number of benzene rings is 1. The molecule has 1 amide bonds. The van der Waals surface area contributed by atoms with Crippen LogP contribution in [0.5, 0.6) is 0 Å². The van der Waals surface area contributed by atoms with Gasteiger partial charge >= 0.3 is 0 Å². The number of amides is 1. The van der Waals surface area contributed by atoms with Crippen LogP contribution in [0.3, 0.4) is 0 Å². The van der Waals surface area contributed by atoms with Crippen molar-refractivity contribution in [2.45, 2.75) is 6.42 Å². The lowest BCUT2D eigenvalue weighted by atomic mass is 10.1. The van der Waals surface area contributed by atoms with Crippen molar-refractivity contribution in [1.82, 2.24) is 5.32 Å². The first-order valence-electron chi connectivity index (χ1n) is 5.05. The van der Waals surface area contributed by atoms with Gasteiger partial charge in [-0.1, -0.05) is 18.2 Å². The number of allylic oxidation sites excluding steroid dienone is 1. The van der Waals surface area contributed by atoms with Crippen LogP contribution in [0.25, 0.3) is 0 Å². The molecule has 0 bridgehead atoms. The van der Waals surface area contributed by atoms with Crippen molar-refractivity contribution in [2.24, 2.45) is 0 Å². The molecule has 2 nitrogen and oxygen atoms in total. The van der Waals surface area contributed by atoms with Crippen molar-refractivity contribution in [2.75, 3.05) is 12.4 Å². The average molecular weight is 260 g/mol. The molecule has 5 heteroatoms. The van der Waals surface area contributed by atoms with Crippen LogP contribution in [0.4, 0.5) is 8.78 Å². The van der Waals surface area contributed by atoms with Crippen molar-refractivity contribution in [3.63, 3.8) is 0 Å². The molecule has 92 valence electrons. The Morgan fingerprint density at radius 2 is 2.06 bits per heavy atom. The number of alkyl halides is 1. The highest BCUT2D eigenvalue weighted by atomic mass is 35.5. The van der Waals surface area contributed by atoms with Crippen LogP contribution in [0.1, 0.15) is 5.56 Å². The predicted octanol–water partition coefficient (Wildman–Crippen LogP) is 2.42. The molecule has 0 spiro atoms. The first kappa shape index (κ1) is 13.6. The summed E-state index contributed by atoms with van der Waals surface area (Å²) in [5.74, 6) is -1.73. The van der Waals surface area contributed by atoms with Crippen LogP contribution in [-0.4, -0.2) is 18.3 Å². The maximum absolute atomic E-state index is 12.8. The molecule has 1 N–H and O–H groups in total. The number of halogens is 3. The molecule has 0 atom stereocenters. The molecule has 17 heavy (non-hydrogen) atoms. The van der Waals surface area contributed by atoms with Gasteiger partial charge in [0.1, 0.15) is 0 Å². The largest absolute Gasteiger partial charge is 0.352 e. The van der Waals surface area contributed by atoms with Crippen molar-refractivity contribution in [3.8, 4) is 0 Å². The second-order valence-electron chi connectivity index (χ2n) is 3.36. The minimum atomic E-state index is -0.947. The number of hydrogen-bond acceptors (Lipinski definition) is 1. The molecule has 0 saturated heterocycles. The summed E-state index contributed by atoms with van der Waals surface area (Å²) in [6.07, 6.45) is 3.45. The lowest BCUT2D eigenvalue weighted by molar-refractivity contribution is -0.120. The van der Waals surface area contributed by atoms with Crippen molar-refractivity contribution >= 4 is 17.5 Å². The number of nitrogens with one attached hydrogen (secondary N) is 1. The van der Waals surface area contributed by atoms with Gasteiger partial charge in [-0.25, -0.2) is 8.78 Å². The van der Waals surface area contributed by atoms with Gasteiger partial charge in [0.2, 0.25) is 5.91 Å². The van der Waals surface area contributed by atoms with Crippen LogP contribution in [0, 0.1) is 11.6 Å². The zero-order valence-electron chi connectivity index (χ0n) is 9.05. The highest BCUT2D eigenvalue weighted by Crippen LogP contribution is 2.08. The van der Waals surface area contributed by atoms with E-state index in [9.17, 15) is 13.6 Å². The molecule has 0 aliphatic rings. The van der Waals surface area contributed by atoms with Crippen molar-refractivity contribution in [3.05, 3.63) is 47.5 Å². The minimum absolute atomic E-state index is 0.0198. The van der Waals surface area contributed by atoms with Crippen molar-refractivity contribution < 1.29 is 13.6 Å². The summed E-state index contributed by atoms with van der Waals surface area (Å²) in [5.41, 5.74) is 0.433. The SMILES string of the molecule is O=C(Cc1ccc(F)c(F)c1)NC/C=C/CCl. The smallest absolute Gasteiger partial charge is 0.224 e. The van der Waals surface area contributed by atoms with Crippen LogP contribution >= 0.6 is 11.6 Å². The van der Waals surface area contributed by atoms with Crippen LogP contribution in [-0.2, 0) is 11.2 Å². The monoisotopic (exact) mass is 259 g/mol. The third-order valence-electron chi connectivity index (χ3n) is 2.02. The Bertz CT molecular complexity index is 421. The van der Waals surface area contributed by atoms with E-state index in [1.807, 2.05) is 0 Å². The Kier molecular flexibility index (Phi) is 5.63. The molecular weight excluding hydrogens is 248 g/mol. The van der Waals surface area contributed by atoms with E-state index >= 15 is 0 Å². The summed E-state index contributed by atoms with van der Waals surface area (Å²) >= 11 is 5.40. The highest BCUT2D eigenvalue weighted by molar-refractivity contribution is 6.18. The van der Waals surface area contributed by atoms with Gasteiger partial charge in [0.15, 0.2) is 11.6 Å². The number of carbonyl (C=O) groups excluding carboxylic acids is 1. The molecule has 1 rings (SSSR count). The minimum Gasteiger partial charge on any atom is -0.352 e. The average Bonchev–Trinajstić information content (AvgIpc) is 2.30. The topological polar surface area (TPSA) is 29.1 Å². The van der Waals surface area contributed by atoms with E-state index in [-0.39, 0.29) is 12.3 Å². The molecule has 1 aromatic rings. The Labute approximate surface area is 103 Å². The van der Waals surface area contributed by atoms with E-state index in [1.165, 1.54) is 6.07 Å². The highest BCUT2D eigenvalue weighted by Gasteiger charge is 2.06. The fraction of sp³-hybridized carbons (Fsp3) is 0.250. The van der Waals surface area contributed by atoms with E-state index in [0.717, 1.165) is 12.1 Å². The summed E-state index contributed by atoms with van der Waals surface area (Å²) in [7, 11) is 0. The van der Waals surface area contributed by atoms with Gasteiger partial charge in [0, 0.05) is 12.4 Å². The van der Waals surface area contributed by atoms with Crippen LogP contribution in [0.2, 0.25) is 0 Å². The number of rotatable bonds is 5. The Balaban J connectivity index is 2.45. The Hall–Kier alpha value is -1.42. The lowest BCUT2D eigenvalue weighted by Crippen LogP contribution is -2.25. The predicted molar refractivity (Wildman–Crippen MR) is 62.9 cm³/mol. The van der Waals surface area contributed by atoms with Gasteiger partial charge in [-0.05, 0) is 17.7 Å². The molecule has 1 aromatic carbocycles. The quantitative estimate of drug-likeness (QED) is 0.639. The maximum Gasteiger partial charge on any atom is 0.224 e. The first-order chi connectivity index (χ1) is 8.13. The van der Waals surface area contributed by atoms with E-state index in [0.29, 0.717) is 18.0 Å². The molecule has 0 saturated carbocycles. The van der Waals surface area contributed by atoms with Gasteiger partial charge in [0.05, 0.1) is 6.42 Å². The fourth-order valence-electron chi connectivity index (χ4n) is 1.22. The third-order valence-corrected chi connectivity index (χ3v) is 2.20. The van der Waals surface area contributed by atoms with Gasteiger partial charge in [-0.3, -0.25) is 4.79 Å². The maximum atomic E-state index is 12.8. The zero-order valence-corrected chi connectivity index (χ0v) is 9.81. The third kappa shape index (κ3) is 4.95.